The molecule has 2 aromatic rings. The van der Waals surface area contributed by atoms with Crippen LogP contribution in [0.15, 0.2) is 48.5 Å². The number of carbonyl (C=O) groups is 1. The number of carbonyl (C=O) groups excluding carboxylic acids is 1. The highest BCUT2D eigenvalue weighted by Crippen LogP contribution is 2.17. The summed E-state index contributed by atoms with van der Waals surface area (Å²) in [6.45, 7) is 0. The fraction of sp³-hybridized carbons (Fsp3) is 0.188. The molecule has 1 N–H and O–H groups in total. The summed E-state index contributed by atoms with van der Waals surface area (Å²) in [6.07, 6.45) is 0.321. The molecule has 0 heterocycles. The molecule has 0 aliphatic carbocycles. The largest absolute Gasteiger partial charge is 0.497 e. The highest BCUT2D eigenvalue weighted by atomic mass is 16.5. The molecule has 0 bridgehead atoms. The van der Waals surface area contributed by atoms with Crippen LogP contribution in [-0.4, -0.2) is 20.1 Å². The van der Waals surface area contributed by atoms with Crippen molar-refractivity contribution in [3.63, 3.8) is 0 Å². The van der Waals surface area contributed by atoms with Crippen molar-refractivity contribution in [3.05, 3.63) is 54.1 Å². The first-order valence-corrected chi connectivity index (χ1v) is 6.28. The van der Waals surface area contributed by atoms with Gasteiger partial charge in [0.2, 0.25) is 5.91 Å². The van der Waals surface area contributed by atoms with Gasteiger partial charge in [-0.15, -0.1) is 0 Å². The third-order valence-corrected chi connectivity index (χ3v) is 2.88. The molecule has 20 heavy (non-hydrogen) atoms. The predicted octanol–water partition coefficient (Wildman–Crippen LogP) is 2.89. The standard InChI is InChI=1S/C16H17NO3/c1-19-14-8-6-12(7-9-14)10-16(18)17-13-4-3-5-15(11-13)20-2/h3-9,11H,10H2,1-2H3,(H,17,18). The predicted molar refractivity (Wildman–Crippen MR) is 78.3 cm³/mol. The molecule has 0 saturated carbocycles. The van der Waals surface area contributed by atoms with Crippen LogP contribution in [0.25, 0.3) is 0 Å². The van der Waals surface area contributed by atoms with Crippen molar-refractivity contribution in [2.24, 2.45) is 0 Å². The van der Waals surface area contributed by atoms with Gasteiger partial charge in [0, 0.05) is 11.8 Å². The van der Waals surface area contributed by atoms with Gasteiger partial charge in [0.15, 0.2) is 0 Å². The van der Waals surface area contributed by atoms with Crippen LogP contribution >= 0.6 is 0 Å². The zero-order valence-electron chi connectivity index (χ0n) is 11.6. The number of ether oxygens (including phenoxy) is 2. The Labute approximate surface area is 118 Å². The lowest BCUT2D eigenvalue weighted by Crippen LogP contribution is -2.14. The van der Waals surface area contributed by atoms with Gasteiger partial charge in [-0.3, -0.25) is 4.79 Å². The van der Waals surface area contributed by atoms with E-state index in [4.69, 9.17) is 9.47 Å². The van der Waals surface area contributed by atoms with E-state index in [0.29, 0.717) is 12.2 Å². The van der Waals surface area contributed by atoms with E-state index in [9.17, 15) is 4.79 Å². The summed E-state index contributed by atoms with van der Waals surface area (Å²) in [4.78, 5) is 12.0. The fourth-order valence-corrected chi connectivity index (χ4v) is 1.83. The molecule has 0 unspecified atom stereocenters. The molecule has 0 aliphatic heterocycles. The molecule has 4 nitrogen and oxygen atoms in total. The summed E-state index contributed by atoms with van der Waals surface area (Å²) in [5.41, 5.74) is 1.66. The molecular weight excluding hydrogens is 254 g/mol. The van der Waals surface area contributed by atoms with Crippen LogP contribution in [0.1, 0.15) is 5.56 Å². The zero-order valence-corrected chi connectivity index (χ0v) is 11.6. The van der Waals surface area contributed by atoms with E-state index in [2.05, 4.69) is 5.32 Å². The van der Waals surface area contributed by atoms with E-state index in [-0.39, 0.29) is 5.91 Å². The van der Waals surface area contributed by atoms with Crippen molar-refractivity contribution in [2.75, 3.05) is 19.5 Å². The molecule has 2 aromatic carbocycles. The lowest BCUT2D eigenvalue weighted by Gasteiger charge is -2.07. The molecule has 4 heteroatoms. The minimum atomic E-state index is -0.0663. The van der Waals surface area contributed by atoms with Crippen molar-refractivity contribution in [1.82, 2.24) is 0 Å². The first kappa shape index (κ1) is 13.9. The molecule has 0 spiro atoms. The van der Waals surface area contributed by atoms with E-state index >= 15 is 0 Å². The van der Waals surface area contributed by atoms with Crippen molar-refractivity contribution >= 4 is 11.6 Å². The normalized spacial score (nSPS) is 9.90. The third kappa shape index (κ3) is 3.75. The van der Waals surface area contributed by atoms with E-state index in [1.54, 1.807) is 20.3 Å². The topological polar surface area (TPSA) is 47.6 Å². The Morgan fingerprint density at radius 2 is 1.70 bits per heavy atom. The van der Waals surface area contributed by atoms with Crippen LogP contribution in [0, 0.1) is 0 Å². The molecule has 0 fully saturated rings. The molecule has 0 radical (unpaired) electrons. The first-order valence-electron chi connectivity index (χ1n) is 6.28. The van der Waals surface area contributed by atoms with Gasteiger partial charge in [0.25, 0.3) is 0 Å². The first-order chi connectivity index (χ1) is 9.71. The quantitative estimate of drug-likeness (QED) is 0.909. The van der Waals surface area contributed by atoms with Gasteiger partial charge in [-0.1, -0.05) is 18.2 Å². The second kappa shape index (κ2) is 6.61. The minimum absolute atomic E-state index is 0.0663. The molecule has 1 amide bonds. The molecule has 2 rings (SSSR count). The van der Waals surface area contributed by atoms with Gasteiger partial charge < -0.3 is 14.8 Å². The van der Waals surface area contributed by atoms with Crippen LogP contribution in [0.4, 0.5) is 5.69 Å². The van der Waals surface area contributed by atoms with E-state index in [1.807, 2.05) is 42.5 Å². The van der Waals surface area contributed by atoms with Gasteiger partial charge in [-0.25, -0.2) is 0 Å². The molecule has 0 aromatic heterocycles. The Hall–Kier alpha value is -2.49. The average molecular weight is 271 g/mol. The van der Waals surface area contributed by atoms with E-state index in [1.165, 1.54) is 0 Å². The van der Waals surface area contributed by atoms with Gasteiger partial charge in [0.1, 0.15) is 11.5 Å². The maximum Gasteiger partial charge on any atom is 0.228 e. The van der Waals surface area contributed by atoms with E-state index in [0.717, 1.165) is 17.0 Å². The van der Waals surface area contributed by atoms with Crippen LogP contribution in [0.3, 0.4) is 0 Å². The SMILES string of the molecule is COc1ccc(CC(=O)Nc2cccc(OC)c2)cc1. The van der Waals surface area contributed by atoms with Crippen LogP contribution in [0.2, 0.25) is 0 Å². The Morgan fingerprint density at radius 1 is 1.00 bits per heavy atom. The summed E-state index contributed by atoms with van der Waals surface area (Å²) in [6, 6.07) is 14.7. The zero-order chi connectivity index (χ0) is 14.4. The number of hydrogen-bond acceptors (Lipinski definition) is 3. The summed E-state index contributed by atoms with van der Waals surface area (Å²) < 4.78 is 10.2. The van der Waals surface area contributed by atoms with Gasteiger partial charge in [0.05, 0.1) is 20.6 Å². The van der Waals surface area contributed by atoms with E-state index < -0.39 is 0 Å². The number of anilines is 1. The molecule has 0 aliphatic rings. The van der Waals surface area contributed by atoms with Gasteiger partial charge >= 0.3 is 0 Å². The molecular formula is C16H17NO3. The lowest BCUT2D eigenvalue weighted by molar-refractivity contribution is -0.115. The summed E-state index contributed by atoms with van der Waals surface area (Å²) in [5, 5.41) is 2.84. The second-order valence-electron chi connectivity index (χ2n) is 4.30. The Kier molecular flexibility index (Phi) is 4.60. The third-order valence-electron chi connectivity index (χ3n) is 2.88. The van der Waals surface area contributed by atoms with Crippen LogP contribution in [0.5, 0.6) is 11.5 Å². The fourth-order valence-electron chi connectivity index (χ4n) is 1.83. The number of nitrogens with one attached hydrogen (secondary N) is 1. The van der Waals surface area contributed by atoms with Crippen molar-refractivity contribution in [3.8, 4) is 11.5 Å². The van der Waals surface area contributed by atoms with Crippen molar-refractivity contribution in [1.29, 1.82) is 0 Å². The average Bonchev–Trinajstić information content (AvgIpc) is 2.48. The maximum absolute atomic E-state index is 12.0. The monoisotopic (exact) mass is 271 g/mol. The van der Waals surface area contributed by atoms with Crippen LogP contribution < -0.4 is 14.8 Å². The summed E-state index contributed by atoms with van der Waals surface area (Å²) in [5.74, 6) is 1.43. The summed E-state index contributed by atoms with van der Waals surface area (Å²) >= 11 is 0. The number of methoxy groups -OCH3 is 2. The van der Waals surface area contributed by atoms with Crippen molar-refractivity contribution < 1.29 is 14.3 Å². The van der Waals surface area contributed by atoms with Gasteiger partial charge in [-0.05, 0) is 29.8 Å². The Bertz CT molecular complexity index is 579. The summed E-state index contributed by atoms with van der Waals surface area (Å²) in [7, 11) is 3.21. The molecule has 0 saturated heterocycles. The number of benzene rings is 2. The smallest absolute Gasteiger partial charge is 0.228 e. The van der Waals surface area contributed by atoms with Crippen LogP contribution in [-0.2, 0) is 11.2 Å². The lowest BCUT2D eigenvalue weighted by atomic mass is 10.1. The Morgan fingerprint density at radius 3 is 2.35 bits per heavy atom. The number of amides is 1. The maximum atomic E-state index is 12.0. The number of hydrogen-bond donors (Lipinski definition) is 1. The minimum Gasteiger partial charge on any atom is -0.497 e. The van der Waals surface area contributed by atoms with Gasteiger partial charge in [-0.2, -0.15) is 0 Å². The molecule has 104 valence electrons. The number of rotatable bonds is 5. The van der Waals surface area contributed by atoms with Crippen molar-refractivity contribution in [2.45, 2.75) is 6.42 Å². The highest BCUT2D eigenvalue weighted by molar-refractivity contribution is 5.92. The second-order valence-corrected chi connectivity index (χ2v) is 4.30. The highest BCUT2D eigenvalue weighted by Gasteiger charge is 2.05. The molecule has 0 atom stereocenters. The Balaban J connectivity index is 1.97.